The van der Waals surface area contributed by atoms with E-state index in [0.29, 0.717) is 43.1 Å². The summed E-state index contributed by atoms with van der Waals surface area (Å²) >= 11 is 0. The van der Waals surface area contributed by atoms with E-state index in [-0.39, 0.29) is 17.5 Å². The number of carbonyl (C=O) groups is 1. The normalized spacial score (nSPS) is 15.3. The number of piperazine rings is 1. The minimum absolute atomic E-state index is 0.0178. The topological polar surface area (TPSA) is 58.8 Å². The first-order valence-corrected chi connectivity index (χ1v) is 8.82. The number of aryl methyl sites for hydroxylation is 2. The first kappa shape index (κ1) is 18.4. The molecule has 0 saturated carbocycles. The van der Waals surface area contributed by atoms with Gasteiger partial charge in [0.15, 0.2) is 11.6 Å². The number of ether oxygens (including phenoxy) is 1. The van der Waals surface area contributed by atoms with Crippen molar-refractivity contribution in [3.05, 3.63) is 46.6 Å². The maximum absolute atomic E-state index is 13.8. The predicted octanol–water partition coefficient (Wildman–Crippen LogP) is 2.65. The summed E-state index contributed by atoms with van der Waals surface area (Å²) in [5, 5.41) is 3.96. The molecule has 26 heavy (non-hydrogen) atoms. The molecule has 1 aromatic carbocycles. The van der Waals surface area contributed by atoms with Crippen molar-refractivity contribution >= 4 is 5.91 Å². The summed E-state index contributed by atoms with van der Waals surface area (Å²) in [7, 11) is 1.45. The summed E-state index contributed by atoms with van der Waals surface area (Å²) in [6, 6.07) is 5.02. The molecule has 0 unspecified atom stereocenters. The van der Waals surface area contributed by atoms with Gasteiger partial charge < -0.3 is 14.2 Å². The lowest BCUT2D eigenvalue weighted by molar-refractivity contribution is 0.0626. The molecule has 1 fully saturated rings. The number of benzene rings is 1. The molecule has 0 atom stereocenters. The molecule has 1 saturated heterocycles. The maximum Gasteiger partial charge on any atom is 0.259 e. The maximum atomic E-state index is 13.8. The number of hydrogen-bond acceptors (Lipinski definition) is 5. The Hall–Kier alpha value is -2.41. The molecule has 1 aliphatic heterocycles. The fourth-order valence-electron chi connectivity index (χ4n) is 3.27. The van der Waals surface area contributed by atoms with Crippen LogP contribution in [0.5, 0.6) is 5.75 Å². The van der Waals surface area contributed by atoms with E-state index in [1.807, 2.05) is 17.9 Å². The summed E-state index contributed by atoms with van der Waals surface area (Å²) in [6.07, 6.45) is 0.668. The monoisotopic (exact) mass is 361 g/mol. The fourth-order valence-corrected chi connectivity index (χ4v) is 3.27. The third kappa shape index (κ3) is 3.72. The van der Waals surface area contributed by atoms with Crippen molar-refractivity contribution in [2.24, 2.45) is 0 Å². The smallest absolute Gasteiger partial charge is 0.259 e. The minimum atomic E-state index is -0.353. The number of aromatic nitrogens is 1. The Kier molecular flexibility index (Phi) is 5.56. The molecule has 6 nitrogen and oxygen atoms in total. The number of nitrogens with zero attached hydrogens (tertiary/aromatic N) is 3. The van der Waals surface area contributed by atoms with Gasteiger partial charge in [0.2, 0.25) is 0 Å². The van der Waals surface area contributed by atoms with Crippen LogP contribution in [0.25, 0.3) is 0 Å². The molecule has 2 heterocycles. The molecule has 0 bridgehead atoms. The summed E-state index contributed by atoms with van der Waals surface area (Å²) in [6.45, 7) is 7.12. The van der Waals surface area contributed by atoms with E-state index in [4.69, 9.17) is 9.26 Å². The lowest BCUT2D eigenvalue weighted by atomic mass is 10.1. The number of hydrogen-bond donors (Lipinski definition) is 0. The highest BCUT2D eigenvalue weighted by molar-refractivity contribution is 5.96. The molecular formula is C19H24FN3O3. The van der Waals surface area contributed by atoms with E-state index in [1.165, 1.54) is 13.2 Å². The zero-order valence-electron chi connectivity index (χ0n) is 15.4. The molecule has 1 amide bonds. The van der Waals surface area contributed by atoms with E-state index < -0.39 is 0 Å². The van der Waals surface area contributed by atoms with Crippen molar-refractivity contribution in [1.82, 2.24) is 15.0 Å². The lowest BCUT2D eigenvalue weighted by Gasteiger charge is -2.34. The number of amides is 1. The van der Waals surface area contributed by atoms with Gasteiger partial charge >= 0.3 is 0 Å². The second kappa shape index (κ2) is 7.86. The molecule has 0 radical (unpaired) electrons. The summed E-state index contributed by atoms with van der Waals surface area (Å²) < 4.78 is 24.0. The molecular weight excluding hydrogens is 337 g/mol. The largest absolute Gasteiger partial charge is 0.494 e. The second-order valence-corrected chi connectivity index (χ2v) is 6.45. The Morgan fingerprint density at radius 1 is 1.31 bits per heavy atom. The van der Waals surface area contributed by atoms with Gasteiger partial charge in [-0.2, -0.15) is 0 Å². The van der Waals surface area contributed by atoms with Crippen molar-refractivity contribution in [2.75, 3.05) is 33.3 Å². The van der Waals surface area contributed by atoms with Crippen LogP contribution >= 0.6 is 0 Å². The molecule has 3 rings (SSSR count). The van der Waals surface area contributed by atoms with Gasteiger partial charge in [-0.3, -0.25) is 9.69 Å². The van der Waals surface area contributed by atoms with Gasteiger partial charge in [-0.05, 0) is 31.0 Å². The third-order valence-corrected chi connectivity index (χ3v) is 4.76. The number of carbonyl (C=O) groups excluding carboxylic acids is 1. The van der Waals surface area contributed by atoms with E-state index in [2.05, 4.69) is 10.1 Å². The van der Waals surface area contributed by atoms with Gasteiger partial charge in [0, 0.05) is 32.7 Å². The van der Waals surface area contributed by atoms with E-state index >= 15 is 0 Å². The van der Waals surface area contributed by atoms with Crippen molar-refractivity contribution in [2.45, 2.75) is 26.8 Å². The highest BCUT2D eigenvalue weighted by Crippen LogP contribution is 2.20. The quantitative estimate of drug-likeness (QED) is 0.819. The third-order valence-electron chi connectivity index (χ3n) is 4.76. The standard InChI is InChI=1S/C19H24FN3O3/c1-4-16-18(13(2)26-21-16)19(24)23-9-7-22(8-10-23)12-14-5-6-17(25-3)15(20)11-14/h5-6,11H,4,7-10,12H2,1-3H3. The van der Waals surface area contributed by atoms with Gasteiger partial charge in [-0.15, -0.1) is 0 Å². The lowest BCUT2D eigenvalue weighted by Crippen LogP contribution is -2.48. The molecule has 7 heteroatoms. The Bertz CT molecular complexity index is 782. The van der Waals surface area contributed by atoms with Crippen LogP contribution in [-0.2, 0) is 13.0 Å². The highest BCUT2D eigenvalue weighted by Gasteiger charge is 2.27. The number of halogens is 1. The molecule has 140 valence electrons. The van der Waals surface area contributed by atoms with Crippen molar-refractivity contribution in [3.8, 4) is 5.75 Å². The Morgan fingerprint density at radius 3 is 2.65 bits per heavy atom. The minimum Gasteiger partial charge on any atom is -0.494 e. The van der Waals surface area contributed by atoms with Crippen LogP contribution in [0.15, 0.2) is 22.7 Å². The number of methoxy groups -OCH3 is 1. The van der Waals surface area contributed by atoms with Gasteiger partial charge in [0.25, 0.3) is 5.91 Å². The fraction of sp³-hybridized carbons (Fsp3) is 0.474. The molecule has 1 aromatic heterocycles. The summed E-state index contributed by atoms with van der Waals surface area (Å²) in [4.78, 5) is 16.8. The Morgan fingerprint density at radius 2 is 2.04 bits per heavy atom. The SMILES string of the molecule is CCc1noc(C)c1C(=O)N1CCN(Cc2ccc(OC)c(F)c2)CC1. The number of rotatable bonds is 5. The molecule has 0 aliphatic carbocycles. The van der Waals surface area contributed by atoms with Crippen LogP contribution in [0, 0.1) is 12.7 Å². The van der Waals surface area contributed by atoms with Crippen molar-refractivity contribution in [3.63, 3.8) is 0 Å². The Labute approximate surface area is 152 Å². The molecule has 2 aromatic rings. The van der Waals surface area contributed by atoms with Crippen LogP contribution < -0.4 is 4.74 Å². The average molecular weight is 361 g/mol. The van der Waals surface area contributed by atoms with Crippen LogP contribution in [0.1, 0.15) is 34.3 Å². The molecule has 1 aliphatic rings. The van der Waals surface area contributed by atoms with Crippen molar-refractivity contribution in [1.29, 1.82) is 0 Å². The molecule has 0 spiro atoms. The van der Waals surface area contributed by atoms with E-state index in [9.17, 15) is 9.18 Å². The van der Waals surface area contributed by atoms with Gasteiger partial charge in [-0.1, -0.05) is 18.1 Å². The van der Waals surface area contributed by atoms with Gasteiger partial charge in [0.05, 0.1) is 12.8 Å². The second-order valence-electron chi connectivity index (χ2n) is 6.45. The highest BCUT2D eigenvalue weighted by atomic mass is 19.1. The first-order valence-electron chi connectivity index (χ1n) is 8.82. The average Bonchev–Trinajstić information content (AvgIpc) is 3.02. The van der Waals surface area contributed by atoms with Crippen LogP contribution in [0.4, 0.5) is 4.39 Å². The van der Waals surface area contributed by atoms with E-state index in [0.717, 1.165) is 18.7 Å². The molecule has 0 N–H and O–H groups in total. The zero-order chi connectivity index (χ0) is 18.7. The first-order chi connectivity index (χ1) is 12.5. The summed E-state index contributed by atoms with van der Waals surface area (Å²) in [5.41, 5.74) is 2.20. The summed E-state index contributed by atoms with van der Waals surface area (Å²) in [5.74, 6) is 0.451. The Balaban J connectivity index is 1.60. The van der Waals surface area contributed by atoms with Gasteiger partial charge in [-0.25, -0.2) is 4.39 Å². The van der Waals surface area contributed by atoms with Crippen LogP contribution in [-0.4, -0.2) is 54.2 Å². The van der Waals surface area contributed by atoms with Crippen LogP contribution in [0.3, 0.4) is 0 Å². The van der Waals surface area contributed by atoms with Gasteiger partial charge in [0.1, 0.15) is 11.3 Å². The van der Waals surface area contributed by atoms with Crippen LogP contribution in [0.2, 0.25) is 0 Å². The van der Waals surface area contributed by atoms with Crippen molar-refractivity contribution < 1.29 is 18.4 Å². The van der Waals surface area contributed by atoms with E-state index in [1.54, 1.807) is 13.0 Å². The predicted molar refractivity (Wildman–Crippen MR) is 94.8 cm³/mol. The zero-order valence-corrected chi connectivity index (χ0v) is 15.4.